The lowest BCUT2D eigenvalue weighted by molar-refractivity contribution is 0.0701. The lowest BCUT2D eigenvalue weighted by Gasteiger charge is -2.12. The van der Waals surface area contributed by atoms with Crippen molar-refractivity contribution in [1.82, 2.24) is 0 Å². The van der Waals surface area contributed by atoms with E-state index in [-0.39, 0.29) is 6.10 Å². The van der Waals surface area contributed by atoms with Crippen LogP contribution in [-0.2, 0) is 11.3 Å². The van der Waals surface area contributed by atoms with Crippen molar-refractivity contribution >= 4 is 23.2 Å². The number of ether oxygens (including phenoxy) is 1. The Kier molecular flexibility index (Phi) is 6.18. The van der Waals surface area contributed by atoms with Gasteiger partial charge in [-0.15, -0.1) is 23.2 Å². The maximum Gasteiger partial charge on any atom is 0.0849 e. The molecule has 16 heavy (non-hydrogen) atoms. The molecule has 0 saturated heterocycles. The van der Waals surface area contributed by atoms with Crippen molar-refractivity contribution in [3.8, 4) is 0 Å². The first-order valence-electron chi connectivity index (χ1n) is 5.49. The highest BCUT2D eigenvalue weighted by Crippen LogP contribution is 2.15. The number of rotatable bonds is 6. The first-order chi connectivity index (χ1) is 7.67. The van der Waals surface area contributed by atoms with E-state index in [0.717, 1.165) is 5.56 Å². The van der Waals surface area contributed by atoms with Crippen molar-refractivity contribution in [1.29, 1.82) is 0 Å². The van der Waals surface area contributed by atoms with Gasteiger partial charge in [0.15, 0.2) is 0 Å². The number of hydrogen-bond donors (Lipinski definition) is 0. The van der Waals surface area contributed by atoms with E-state index in [4.69, 9.17) is 27.9 Å². The zero-order valence-electron chi connectivity index (χ0n) is 9.75. The molecular weight excluding hydrogens is 243 g/mol. The molecule has 0 bridgehead atoms. The van der Waals surface area contributed by atoms with Gasteiger partial charge < -0.3 is 4.74 Å². The number of halogens is 2. The predicted octanol–water partition coefficient (Wildman–Crippen LogP) is 4.17. The molecule has 1 aromatic rings. The standard InChI is InChI=1S/C13H18Cl2O/c1-10(2)12-5-3-11(4-6-12)9-16-13(7-14)8-15/h3-6,10,13H,7-9H2,1-2H3. The topological polar surface area (TPSA) is 9.23 Å². The average Bonchev–Trinajstić information content (AvgIpc) is 2.31. The monoisotopic (exact) mass is 260 g/mol. The van der Waals surface area contributed by atoms with Crippen molar-refractivity contribution in [2.75, 3.05) is 11.8 Å². The van der Waals surface area contributed by atoms with E-state index in [1.165, 1.54) is 5.56 Å². The van der Waals surface area contributed by atoms with Crippen molar-refractivity contribution in [3.63, 3.8) is 0 Å². The largest absolute Gasteiger partial charge is 0.371 e. The second-order valence-electron chi connectivity index (χ2n) is 4.14. The lowest BCUT2D eigenvalue weighted by Crippen LogP contribution is -2.16. The van der Waals surface area contributed by atoms with E-state index in [2.05, 4.69) is 38.1 Å². The van der Waals surface area contributed by atoms with Crippen molar-refractivity contribution in [3.05, 3.63) is 35.4 Å². The van der Waals surface area contributed by atoms with E-state index < -0.39 is 0 Å². The van der Waals surface area contributed by atoms with Crippen molar-refractivity contribution in [2.24, 2.45) is 0 Å². The van der Waals surface area contributed by atoms with Crippen LogP contribution in [0.2, 0.25) is 0 Å². The molecule has 0 saturated carbocycles. The molecule has 0 spiro atoms. The van der Waals surface area contributed by atoms with Gasteiger partial charge >= 0.3 is 0 Å². The first kappa shape index (κ1) is 13.8. The van der Waals surface area contributed by atoms with Gasteiger partial charge in [0.25, 0.3) is 0 Å². The third kappa shape index (κ3) is 4.32. The highest BCUT2D eigenvalue weighted by Gasteiger charge is 2.06. The molecule has 0 atom stereocenters. The van der Waals surface area contributed by atoms with Crippen molar-refractivity contribution in [2.45, 2.75) is 32.5 Å². The van der Waals surface area contributed by atoms with Gasteiger partial charge in [0, 0.05) is 11.8 Å². The molecule has 0 heterocycles. The molecule has 1 nitrogen and oxygen atoms in total. The Hall–Kier alpha value is -0.240. The van der Waals surface area contributed by atoms with Gasteiger partial charge in [0.1, 0.15) is 0 Å². The van der Waals surface area contributed by atoms with Crippen LogP contribution in [0.4, 0.5) is 0 Å². The molecule has 0 aliphatic carbocycles. The van der Waals surface area contributed by atoms with Crippen LogP contribution in [0.3, 0.4) is 0 Å². The summed E-state index contributed by atoms with van der Waals surface area (Å²) in [5.41, 5.74) is 2.50. The molecule has 3 heteroatoms. The van der Waals surface area contributed by atoms with E-state index >= 15 is 0 Å². The molecule has 0 N–H and O–H groups in total. The minimum absolute atomic E-state index is 0.0619. The molecule has 1 rings (SSSR count). The Morgan fingerprint density at radius 1 is 1.06 bits per heavy atom. The van der Waals surface area contributed by atoms with Crippen LogP contribution < -0.4 is 0 Å². The maximum atomic E-state index is 5.69. The highest BCUT2D eigenvalue weighted by atomic mass is 35.5. The van der Waals surface area contributed by atoms with Gasteiger partial charge in [0.2, 0.25) is 0 Å². The minimum Gasteiger partial charge on any atom is -0.371 e. The SMILES string of the molecule is CC(C)c1ccc(COC(CCl)CCl)cc1. The zero-order valence-corrected chi connectivity index (χ0v) is 11.3. The zero-order chi connectivity index (χ0) is 12.0. The van der Waals surface area contributed by atoms with Gasteiger partial charge in [-0.25, -0.2) is 0 Å². The van der Waals surface area contributed by atoms with E-state index in [9.17, 15) is 0 Å². The Morgan fingerprint density at radius 3 is 2.06 bits per heavy atom. The average molecular weight is 261 g/mol. The molecule has 0 fully saturated rings. The summed E-state index contributed by atoms with van der Waals surface area (Å²) in [4.78, 5) is 0. The summed E-state index contributed by atoms with van der Waals surface area (Å²) in [6.07, 6.45) is -0.0619. The third-order valence-corrected chi connectivity index (χ3v) is 3.16. The second-order valence-corrected chi connectivity index (χ2v) is 4.76. The molecule has 1 aromatic carbocycles. The molecule has 0 aliphatic heterocycles. The third-order valence-electron chi connectivity index (χ3n) is 2.48. The summed E-state index contributed by atoms with van der Waals surface area (Å²) in [7, 11) is 0. The number of alkyl halides is 2. The van der Waals surface area contributed by atoms with Crippen LogP contribution in [0.25, 0.3) is 0 Å². The molecule has 0 aromatic heterocycles. The number of benzene rings is 1. The summed E-state index contributed by atoms with van der Waals surface area (Å²) in [5, 5.41) is 0. The van der Waals surface area contributed by atoms with Gasteiger partial charge in [-0.2, -0.15) is 0 Å². The van der Waals surface area contributed by atoms with E-state index in [0.29, 0.717) is 24.3 Å². The fourth-order valence-corrected chi connectivity index (χ4v) is 1.85. The molecule has 90 valence electrons. The fraction of sp³-hybridized carbons (Fsp3) is 0.538. The summed E-state index contributed by atoms with van der Waals surface area (Å²) < 4.78 is 5.56. The van der Waals surface area contributed by atoms with E-state index in [1.807, 2.05) is 0 Å². The normalized spacial score (nSPS) is 11.4. The van der Waals surface area contributed by atoms with Crippen LogP contribution in [-0.4, -0.2) is 17.9 Å². The summed E-state index contributed by atoms with van der Waals surface area (Å²) in [6, 6.07) is 8.46. The summed E-state index contributed by atoms with van der Waals surface area (Å²) >= 11 is 11.4. The summed E-state index contributed by atoms with van der Waals surface area (Å²) in [5.74, 6) is 1.44. The fourth-order valence-electron chi connectivity index (χ4n) is 1.34. The van der Waals surface area contributed by atoms with Crippen LogP contribution in [0.15, 0.2) is 24.3 Å². The van der Waals surface area contributed by atoms with Gasteiger partial charge in [0.05, 0.1) is 12.7 Å². The highest BCUT2D eigenvalue weighted by molar-refractivity contribution is 6.21. The lowest BCUT2D eigenvalue weighted by atomic mass is 10.0. The maximum absolute atomic E-state index is 5.69. The second kappa shape index (κ2) is 7.16. The molecule has 0 amide bonds. The Bertz CT molecular complexity index is 291. The number of hydrogen-bond acceptors (Lipinski definition) is 1. The van der Waals surface area contributed by atoms with Crippen LogP contribution in [0.5, 0.6) is 0 Å². The molecule has 0 unspecified atom stereocenters. The van der Waals surface area contributed by atoms with E-state index in [1.54, 1.807) is 0 Å². The van der Waals surface area contributed by atoms with Gasteiger partial charge in [-0.05, 0) is 17.0 Å². The smallest absolute Gasteiger partial charge is 0.0849 e. The Morgan fingerprint density at radius 2 is 1.62 bits per heavy atom. The van der Waals surface area contributed by atoms with Crippen LogP contribution in [0, 0.1) is 0 Å². The molecule has 0 aliphatic rings. The van der Waals surface area contributed by atoms with Gasteiger partial charge in [-0.3, -0.25) is 0 Å². The van der Waals surface area contributed by atoms with Crippen LogP contribution in [0.1, 0.15) is 30.9 Å². The molecule has 0 radical (unpaired) electrons. The van der Waals surface area contributed by atoms with Gasteiger partial charge in [-0.1, -0.05) is 38.1 Å². The summed E-state index contributed by atoms with van der Waals surface area (Å²) in [6.45, 7) is 4.94. The van der Waals surface area contributed by atoms with Crippen LogP contribution >= 0.6 is 23.2 Å². The quantitative estimate of drug-likeness (QED) is 0.698. The molecular formula is C13H18Cl2O. The Balaban J connectivity index is 2.49. The first-order valence-corrected chi connectivity index (χ1v) is 6.56. The predicted molar refractivity (Wildman–Crippen MR) is 70.5 cm³/mol. The Labute approximate surface area is 108 Å². The van der Waals surface area contributed by atoms with Crippen molar-refractivity contribution < 1.29 is 4.74 Å². The minimum atomic E-state index is -0.0619.